The van der Waals surface area contributed by atoms with Crippen molar-refractivity contribution in [1.82, 2.24) is 4.98 Å². The summed E-state index contributed by atoms with van der Waals surface area (Å²) >= 11 is 1.75. The highest BCUT2D eigenvalue weighted by atomic mass is 32.1. The Morgan fingerprint density at radius 2 is 2.10 bits per heavy atom. The van der Waals surface area contributed by atoms with E-state index in [0.717, 1.165) is 43.7 Å². The standard InChI is InChI=1S/C16H24N2OS/c1-2-3-4-5-11-19-13-8-9-14-15(12-13)20-16(18-14)7-6-10-17/h8-9,12H,2-7,10-11,17H2,1H3. The van der Waals surface area contributed by atoms with Crippen LogP contribution in [-0.4, -0.2) is 18.1 Å². The van der Waals surface area contributed by atoms with Gasteiger partial charge in [0.15, 0.2) is 0 Å². The van der Waals surface area contributed by atoms with Gasteiger partial charge < -0.3 is 10.5 Å². The lowest BCUT2D eigenvalue weighted by Crippen LogP contribution is -1.99. The highest BCUT2D eigenvalue weighted by Gasteiger charge is 2.05. The number of benzene rings is 1. The van der Waals surface area contributed by atoms with Gasteiger partial charge in [-0.3, -0.25) is 0 Å². The molecule has 2 N–H and O–H groups in total. The molecule has 0 aliphatic carbocycles. The Morgan fingerprint density at radius 1 is 1.20 bits per heavy atom. The zero-order valence-corrected chi connectivity index (χ0v) is 13.0. The predicted octanol–water partition coefficient (Wildman–Crippen LogP) is 4.15. The fraction of sp³-hybridized carbons (Fsp3) is 0.562. The molecule has 0 saturated heterocycles. The van der Waals surface area contributed by atoms with Crippen molar-refractivity contribution in [2.45, 2.75) is 45.4 Å². The van der Waals surface area contributed by atoms with E-state index in [1.165, 1.54) is 29.0 Å². The van der Waals surface area contributed by atoms with Gasteiger partial charge >= 0.3 is 0 Å². The predicted molar refractivity (Wildman–Crippen MR) is 86.6 cm³/mol. The first-order valence-corrected chi connectivity index (χ1v) is 8.37. The normalized spacial score (nSPS) is 11.1. The third-order valence-electron chi connectivity index (χ3n) is 3.27. The van der Waals surface area contributed by atoms with E-state index >= 15 is 0 Å². The number of ether oxygens (including phenoxy) is 1. The van der Waals surface area contributed by atoms with Crippen LogP contribution >= 0.6 is 11.3 Å². The number of rotatable bonds is 9. The fourth-order valence-corrected chi connectivity index (χ4v) is 3.16. The van der Waals surface area contributed by atoms with E-state index in [1.54, 1.807) is 11.3 Å². The molecule has 0 amide bonds. The summed E-state index contributed by atoms with van der Waals surface area (Å²) in [6.45, 7) is 3.76. The van der Waals surface area contributed by atoms with Crippen molar-refractivity contribution >= 4 is 21.6 Å². The van der Waals surface area contributed by atoms with E-state index in [9.17, 15) is 0 Å². The van der Waals surface area contributed by atoms with Crippen molar-refractivity contribution in [2.24, 2.45) is 5.73 Å². The van der Waals surface area contributed by atoms with Crippen molar-refractivity contribution in [3.8, 4) is 5.75 Å². The van der Waals surface area contributed by atoms with Gasteiger partial charge in [0.2, 0.25) is 0 Å². The van der Waals surface area contributed by atoms with Gasteiger partial charge in [-0.1, -0.05) is 26.2 Å². The monoisotopic (exact) mass is 292 g/mol. The molecule has 0 unspecified atom stereocenters. The maximum absolute atomic E-state index is 5.81. The smallest absolute Gasteiger partial charge is 0.120 e. The molecule has 1 heterocycles. The molecule has 1 aromatic heterocycles. The molecule has 0 bridgehead atoms. The van der Waals surface area contributed by atoms with Gasteiger partial charge in [0, 0.05) is 6.42 Å². The van der Waals surface area contributed by atoms with Crippen LogP contribution in [0.3, 0.4) is 0 Å². The molecule has 20 heavy (non-hydrogen) atoms. The summed E-state index contributed by atoms with van der Waals surface area (Å²) in [5, 5.41) is 1.17. The van der Waals surface area contributed by atoms with Crippen LogP contribution in [0.15, 0.2) is 18.2 Å². The molecule has 4 heteroatoms. The van der Waals surface area contributed by atoms with Gasteiger partial charge in [-0.25, -0.2) is 4.98 Å². The van der Waals surface area contributed by atoms with Gasteiger partial charge in [-0.15, -0.1) is 11.3 Å². The molecule has 0 fully saturated rings. The fourth-order valence-electron chi connectivity index (χ4n) is 2.12. The van der Waals surface area contributed by atoms with Crippen molar-refractivity contribution in [2.75, 3.05) is 13.2 Å². The highest BCUT2D eigenvalue weighted by Crippen LogP contribution is 2.27. The van der Waals surface area contributed by atoms with Crippen molar-refractivity contribution in [1.29, 1.82) is 0 Å². The zero-order chi connectivity index (χ0) is 14.2. The van der Waals surface area contributed by atoms with Crippen LogP contribution < -0.4 is 10.5 Å². The van der Waals surface area contributed by atoms with E-state index in [4.69, 9.17) is 10.5 Å². The van der Waals surface area contributed by atoms with Gasteiger partial charge in [0.1, 0.15) is 5.75 Å². The maximum Gasteiger partial charge on any atom is 0.120 e. The highest BCUT2D eigenvalue weighted by molar-refractivity contribution is 7.18. The molecule has 0 spiro atoms. The Hall–Kier alpha value is -1.13. The molecular weight excluding hydrogens is 268 g/mol. The van der Waals surface area contributed by atoms with Crippen LogP contribution in [0.25, 0.3) is 10.2 Å². The number of aryl methyl sites for hydroxylation is 1. The SMILES string of the molecule is CCCCCCOc1ccc2nc(CCCN)sc2c1. The van der Waals surface area contributed by atoms with Crippen LogP contribution in [0.2, 0.25) is 0 Å². The van der Waals surface area contributed by atoms with E-state index in [2.05, 4.69) is 24.0 Å². The second kappa shape index (κ2) is 8.22. The number of hydrogen-bond donors (Lipinski definition) is 1. The minimum absolute atomic E-state index is 0.724. The number of thiazole rings is 1. The maximum atomic E-state index is 5.81. The third kappa shape index (κ3) is 4.46. The molecule has 2 aromatic rings. The molecule has 3 nitrogen and oxygen atoms in total. The van der Waals surface area contributed by atoms with Crippen LogP contribution in [-0.2, 0) is 6.42 Å². The number of fused-ring (bicyclic) bond motifs is 1. The number of aromatic nitrogens is 1. The Labute approximate surface area is 125 Å². The van der Waals surface area contributed by atoms with Gasteiger partial charge in [0.25, 0.3) is 0 Å². The topological polar surface area (TPSA) is 48.1 Å². The van der Waals surface area contributed by atoms with Crippen LogP contribution in [0.4, 0.5) is 0 Å². The molecule has 1 aromatic carbocycles. The lowest BCUT2D eigenvalue weighted by atomic mass is 10.2. The minimum Gasteiger partial charge on any atom is -0.494 e. The number of unbranched alkanes of at least 4 members (excludes halogenated alkanes) is 3. The summed E-state index contributed by atoms with van der Waals surface area (Å²) in [6.07, 6.45) is 6.92. The second-order valence-electron chi connectivity index (χ2n) is 5.04. The van der Waals surface area contributed by atoms with Crippen molar-refractivity contribution in [3.63, 3.8) is 0 Å². The lowest BCUT2D eigenvalue weighted by molar-refractivity contribution is 0.305. The first-order chi connectivity index (χ1) is 9.83. The summed E-state index contributed by atoms with van der Waals surface area (Å²) in [7, 11) is 0. The summed E-state index contributed by atoms with van der Waals surface area (Å²) in [5.41, 5.74) is 6.61. The van der Waals surface area contributed by atoms with E-state index in [0.29, 0.717) is 0 Å². The molecule has 0 aliphatic heterocycles. The molecule has 0 saturated carbocycles. The summed E-state index contributed by atoms with van der Waals surface area (Å²) in [5.74, 6) is 0.961. The average Bonchev–Trinajstić information content (AvgIpc) is 2.87. The van der Waals surface area contributed by atoms with Crippen molar-refractivity contribution in [3.05, 3.63) is 23.2 Å². The Balaban J connectivity index is 1.91. The Bertz CT molecular complexity index is 524. The quantitative estimate of drug-likeness (QED) is 0.706. The average molecular weight is 292 g/mol. The second-order valence-corrected chi connectivity index (χ2v) is 6.15. The third-order valence-corrected chi connectivity index (χ3v) is 4.34. The zero-order valence-electron chi connectivity index (χ0n) is 12.2. The molecule has 0 atom stereocenters. The number of nitrogens with zero attached hydrogens (tertiary/aromatic N) is 1. The number of hydrogen-bond acceptors (Lipinski definition) is 4. The van der Waals surface area contributed by atoms with Crippen LogP contribution in [0.5, 0.6) is 5.75 Å². The summed E-state index contributed by atoms with van der Waals surface area (Å²) in [4.78, 5) is 4.62. The van der Waals surface area contributed by atoms with Gasteiger partial charge in [-0.2, -0.15) is 0 Å². The van der Waals surface area contributed by atoms with Crippen molar-refractivity contribution < 1.29 is 4.74 Å². The Kier molecular flexibility index (Phi) is 6.27. The van der Waals surface area contributed by atoms with Gasteiger partial charge in [0.05, 0.1) is 21.8 Å². The molecule has 110 valence electrons. The molecular formula is C16H24N2OS. The van der Waals surface area contributed by atoms with E-state index in [-0.39, 0.29) is 0 Å². The molecule has 0 radical (unpaired) electrons. The molecule has 0 aliphatic rings. The summed E-state index contributed by atoms with van der Waals surface area (Å²) in [6, 6.07) is 6.19. The van der Waals surface area contributed by atoms with E-state index in [1.807, 2.05) is 6.07 Å². The minimum atomic E-state index is 0.724. The molecule has 2 rings (SSSR count). The first kappa shape index (κ1) is 15.3. The van der Waals surface area contributed by atoms with Crippen LogP contribution in [0, 0.1) is 0 Å². The van der Waals surface area contributed by atoms with Crippen LogP contribution in [0.1, 0.15) is 44.0 Å². The Morgan fingerprint density at radius 3 is 2.90 bits per heavy atom. The summed E-state index contributed by atoms with van der Waals surface area (Å²) < 4.78 is 7.02. The van der Waals surface area contributed by atoms with Gasteiger partial charge in [-0.05, 0) is 37.6 Å². The first-order valence-electron chi connectivity index (χ1n) is 7.56. The van der Waals surface area contributed by atoms with E-state index < -0.39 is 0 Å². The largest absolute Gasteiger partial charge is 0.494 e. The number of nitrogens with two attached hydrogens (primary N) is 1. The lowest BCUT2D eigenvalue weighted by Gasteiger charge is -2.05.